The highest BCUT2D eigenvalue weighted by Crippen LogP contribution is 2.15. The minimum atomic E-state index is 0.535. The van der Waals surface area contributed by atoms with Crippen molar-refractivity contribution >= 4 is 22.0 Å². The number of nitrogens with zero attached hydrogens (tertiary/aromatic N) is 1. The molecule has 86 valence electrons. The van der Waals surface area contributed by atoms with Gasteiger partial charge in [-0.05, 0) is 33.6 Å². The van der Waals surface area contributed by atoms with Gasteiger partial charge in [0.25, 0.3) is 0 Å². The third-order valence-electron chi connectivity index (χ3n) is 2.14. The molecule has 0 radical (unpaired) electrons. The molecular weight excluding hydrogens is 278 g/mol. The van der Waals surface area contributed by atoms with Gasteiger partial charge in [-0.1, -0.05) is 36.4 Å². The molecule has 1 heterocycles. The summed E-state index contributed by atoms with van der Waals surface area (Å²) < 4.78 is 6.45. The summed E-state index contributed by atoms with van der Waals surface area (Å²) in [7, 11) is 0. The topological polar surface area (TPSA) is 22.1 Å². The Morgan fingerprint density at radius 3 is 2.76 bits per heavy atom. The summed E-state index contributed by atoms with van der Waals surface area (Å²) in [4.78, 5) is 4.03. The van der Waals surface area contributed by atoms with Gasteiger partial charge in [0.05, 0.1) is 6.20 Å². The highest BCUT2D eigenvalue weighted by Gasteiger charge is 1.93. The summed E-state index contributed by atoms with van der Waals surface area (Å²) in [6.07, 6.45) is 7.44. The number of benzene rings is 1. The van der Waals surface area contributed by atoms with E-state index < -0.39 is 0 Å². The van der Waals surface area contributed by atoms with E-state index in [9.17, 15) is 0 Å². The van der Waals surface area contributed by atoms with Crippen molar-refractivity contribution in [2.45, 2.75) is 0 Å². The average molecular weight is 290 g/mol. The van der Waals surface area contributed by atoms with Crippen LogP contribution in [0.15, 0.2) is 59.3 Å². The van der Waals surface area contributed by atoms with Gasteiger partial charge in [0.1, 0.15) is 12.4 Å². The van der Waals surface area contributed by atoms with Gasteiger partial charge in [-0.15, -0.1) is 0 Å². The Morgan fingerprint density at radius 2 is 2.00 bits per heavy atom. The Morgan fingerprint density at radius 1 is 1.18 bits per heavy atom. The van der Waals surface area contributed by atoms with Gasteiger partial charge in [-0.3, -0.25) is 4.98 Å². The fraction of sp³-hybridized carbons (Fsp3) is 0.0714. The van der Waals surface area contributed by atoms with E-state index in [1.54, 1.807) is 12.4 Å². The van der Waals surface area contributed by atoms with Crippen molar-refractivity contribution in [3.8, 4) is 5.75 Å². The van der Waals surface area contributed by atoms with E-state index in [4.69, 9.17) is 4.74 Å². The number of aromatic nitrogens is 1. The van der Waals surface area contributed by atoms with Crippen LogP contribution in [0.3, 0.4) is 0 Å². The second kappa shape index (κ2) is 6.21. The molecule has 0 amide bonds. The van der Waals surface area contributed by atoms with Crippen molar-refractivity contribution < 1.29 is 4.74 Å². The maximum Gasteiger partial charge on any atom is 0.139 e. The van der Waals surface area contributed by atoms with Crippen LogP contribution in [-0.2, 0) is 0 Å². The van der Waals surface area contributed by atoms with Gasteiger partial charge in [-0.2, -0.15) is 0 Å². The third-order valence-corrected chi connectivity index (χ3v) is 2.57. The largest absolute Gasteiger partial charge is 0.488 e. The summed E-state index contributed by atoms with van der Waals surface area (Å²) >= 11 is 3.35. The molecular formula is C14H12BrNO. The zero-order valence-corrected chi connectivity index (χ0v) is 10.8. The van der Waals surface area contributed by atoms with E-state index in [0.29, 0.717) is 6.61 Å². The molecule has 0 aliphatic heterocycles. The van der Waals surface area contributed by atoms with Crippen molar-refractivity contribution in [2.24, 2.45) is 0 Å². The van der Waals surface area contributed by atoms with E-state index in [-0.39, 0.29) is 0 Å². The lowest BCUT2D eigenvalue weighted by molar-refractivity contribution is 0.362. The fourth-order valence-corrected chi connectivity index (χ4v) is 1.71. The molecule has 0 N–H and O–H groups in total. The number of ether oxygens (including phenoxy) is 1. The van der Waals surface area contributed by atoms with Crippen molar-refractivity contribution in [2.75, 3.05) is 6.61 Å². The highest BCUT2D eigenvalue weighted by atomic mass is 79.9. The average Bonchev–Trinajstić information content (AvgIpc) is 2.36. The molecule has 0 aliphatic rings. The quantitative estimate of drug-likeness (QED) is 0.851. The summed E-state index contributed by atoms with van der Waals surface area (Å²) in [6.45, 7) is 0.535. The molecule has 0 saturated heterocycles. The van der Waals surface area contributed by atoms with Crippen molar-refractivity contribution in [3.05, 3.63) is 64.9 Å². The number of halogens is 1. The van der Waals surface area contributed by atoms with E-state index >= 15 is 0 Å². The van der Waals surface area contributed by atoms with E-state index in [1.165, 1.54) is 5.56 Å². The predicted molar refractivity (Wildman–Crippen MR) is 72.9 cm³/mol. The molecule has 0 atom stereocenters. The van der Waals surface area contributed by atoms with Gasteiger partial charge < -0.3 is 4.74 Å². The Bertz CT molecular complexity index is 497. The van der Waals surface area contributed by atoms with Crippen LogP contribution in [0.1, 0.15) is 5.56 Å². The van der Waals surface area contributed by atoms with Crippen LogP contribution >= 0.6 is 15.9 Å². The Labute approximate surface area is 109 Å². The molecule has 1 aromatic heterocycles. The summed E-state index contributed by atoms with van der Waals surface area (Å²) in [5, 5.41) is 0. The normalized spacial score (nSPS) is 10.6. The van der Waals surface area contributed by atoms with Crippen LogP contribution in [-0.4, -0.2) is 11.6 Å². The molecule has 0 unspecified atom stereocenters. The molecule has 3 heteroatoms. The molecule has 0 fully saturated rings. The lowest BCUT2D eigenvalue weighted by Gasteiger charge is -2.02. The highest BCUT2D eigenvalue weighted by molar-refractivity contribution is 9.10. The molecule has 2 nitrogen and oxygen atoms in total. The summed E-state index contributed by atoms with van der Waals surface area (Å²) in [5.74, 6) is 0.761. The Balaban J connectivity index is 1.86. The van der Waals surface area contributed by atoms with E-state index in [0.717, 1.165) is 10.2 Å². The molecule has 1 aromatic carbocycles. The zero-order valence-electron chi connectivity index (χ0n) is 9.21. The van der Waals surface area contributed by atoms with Gasteiger partial charge in [-0.25, -0.2) is 0 Å². The molecule has 2 aromatic rings. The number of rotatable bonds is 4. The zero-order chi connectivity index (χ0) is 11.9. The monoisotopic (exact) mass is 289 g/mol. The van der Waals surface area contributed by atoms with E-state index in [1.807, 2.05) is 36.4 Å². The van der Waals surface area contributed by atoms with Crippen LogP contribution in [0.5, 0.6) is 5.75 Å². The van der Waals surface area contributed by atoms with Crippen LogP contribution in [0, 0.1) is 0 Å². The first-order valence-corrected chi connectivity index (χ1v) is 6.09. The molecule has 0 bridgehead atoms. The molecule has 0 spiro atoms. The summed E-state index contributed by atoms with van der Waals surface area (Å²) in [6, 6.07) is 12.0. The van der Waals surface area contributed by atoms with Crippen molar-refractivity contribution in [1.29, 1.82) is 0 Å². The van der Waals surface area contributed by atoms with Gasteiger partial charge in [0.15, 0.2) is 0 Å². The maximum atomic E-state index is 5.53. The van der Waals surface area contributed by atoms with Gasteiger partial charge in [0.2, 0.25) is 0 Å². The number of pyridine rings is 1. The first-order valence-electron chi connectivity index (χ1n) is 5.29. The fourth-order valence-electron chi connectivity index (χ4n) is 1.36. The minimum Gasteiger partial charge on any atom is -0.488 e. The molecule has 0 saturated carbocycles. The second-order valence-electron chi connectivity index (χ2n) is 3.46. The Hall–Kier alpha value is -1.61. The lowest BCUT2D eigenvalue weighted by atomic mass is 10.2. The lowest BCUT2D eigenvalue weighted by Crippen LogP contribution is -1.93. The Kier molecular flexibility index (Phi) is 4.33. The van der Waals surface area contributed by atoms with Crippen molar-refractivity contribution in [3.63, 3.8) is 0 Å². The smallest absolute Gasteiger partial charge is 0.139 e. The van der Waals surface area contributed by atoms with Gasteiger partial charge in [0, 0.05) is 10.7 Å². The van der Waals surface area contributed by atoms with Crippen molar-refractivity contribution in [1.82, 2.24) is 4.98 Å². The third kappa shape index (κ3) is 4.04. The molecule has 17 heavy (non-hydrogen) atoms. The van der Waals surface area contributed by atoms with Crippen LogP contribution in [0.2, 0.25) is 0 Å². The summed E-state index contributed by atoms with van der Waals surface area (Å²) in [5.41, 5.74) is 1.17. The number of hydrogen-bond acceptors (Lipinski definition) is 2. The second-order valence-corrected chi connectivity index (χ2v) is 4.38. The standard InChI is InChI=1S/C14H12BrNO/c15-13-9-14(11-16-10-13)17-8-4-7-12-5-2-1-3-6-12/h1-7,9-11H,8H2. The molecule has 0 aliphatic carbocycles. The maximum absolute atomic E-state index is 5.53. The SMILES string of the molecule is Brc1cncc(OCC=Cc2ccccc2)c1. The van der Waals surface area contributed by atoms with Gasteiger partial charge >= 0.3 is 0 Å². The predicted octanol–water partition coefficient (Wildman–Crippen LogP) is 3.94. The first kappa shape index (κ1) is 11.9. The van der Waals surface area contributed by atoms with Crippen LogP contribution < -0.4 is 4.74 Å². The van der Waals surface area contributed by atoms with Crippen LogP contribution in [0.25, 0.3) is 6.08 Å². The van der Waals surface area contributed by atoms with E-state index in [2.05, 4.69) is 33.0 Å². The number of hydrogen-bond donors (Lipinski definition) is 0. The first-order chi connectivity index (χ1) is 8.34. The van der Waals surface area contributed by atoms with Crippen LogP contribution in [0.4, 0.5) is 0 Å². The molecule has 2 rings (SSSR count). The minimum absolute atomic E-state index is 0.535.